The monoisotopic (exact) mass is 283 g/mol. The van der Waals surface area contributed by atoms with Crippen molar-refractivity contribution in [2.45, 2.75) is 6.10 Å². The van der Waals surface area contributed by atoms with Gasteiger partial charge in [-0.1, -0.05) is 54.6 Å². The molecule has 3 nitrogen and oxygen atoms in total. The molecule has 0 aromatic heterocycles. The van der Waals surface area contributed by atoms with E-state index in [1.165, 1.54) is 5.56 Å². The second-order valence-corrected chi connectivity index (χ2v) is 4.76. The lowest BCUT2D eigenvalue weighted by molar-refractivity contribution is 0.176. The second kappa shape index (κ2) is 8.25. The van der Waals surface area contributed by atoms with Gasteiger partial charge in [0.05, 0.1) is 13.2 Å². The third-order valence-corrected chi connectivity index (χ3v) is 3.19. The summed E-state index contributed by atoms with van der Waals surface area (Å²) in [5, 5.41) is 13.3. The van der Waals surface area contributed by atoms with Crippen molar-refractivity contribution in [1.82, 2.24) is 5.32 Å². The quantitative estimate of drug-likeness (QED) is 0.767. The largest absolute Gasteiger partial charge is 0.497 e. The number of aliphatic hydroxyl groups excluding tert-OH is 1. The zero-order chi connectivity index (χ0) is 14.9. The molecule has 21 heavy (non-hydrogen) atoms. The van der Waals surface area contributed by atoms with E-state index in [1.807, 2.05) is 48.5 Å². The number of hydrogen-bond donors (Lipinski definition) is 2. The third-order valence-electron chi connectivity index (χ3n) is 3.19. The standard InChI is InChI=1S/C18H21NO2/c1-21-17-11-5-10-16(13-17)18(20)14-19-12-6-9-15-7-3-2-4-8-15/h2-11,13,18-20H,12,14H2,1H3/b9-6+. The maximum absolute atomic E-state index is 10.1. The van der Waals surface area contributed by atoms with E-state index in [0.29, 0.717) is 6.54 Å². The number of hydrogen-bond acceptors (Lipinski definition) is 3. The molecule has 0 radical (unpaired) electrons. The van der Waals surface area contributed by atoms with Gasteiger partial charge in [0.2, 0.25) is 0 Å². The maximum atomic E-state index is 10.1. The molecule has 1 atom stereocenters. The normalized spacial score (nSPS) is 12.5. The first-order valence-electron chi connectivity index (χ1n) is 7.04. The zero-order valence-corrected chi connectivity index (χ0v) is 12.2. The third kappa shape index (κ3) is 5.06. The molecule has 0 amide bonds. The van der Waals surface area contributed by atoms with Crippen molar-refractivity contribution in [1.29, 1.82) is 0 Å². The van der Waals surface area contributed by atoms with Gasteiger partial charge in [0.25, 0.3) is 0 Å². The predicted molar refractivity (Wildman–Crippen MR) is 86.3 cm³/mol. The first-order chi connectivity index (χ1) is 10.3. The molecule has 110 valence electrons. The fourth-order valence-electron chi connectivity index (χ4n) is 2.03. The Balaban J connectivity index is 1.76. The Kier molecular flexibility index (Phi) is 6.00. The average Bonchev–Trinajstić information content (AvgIpc) is 2.55. The van der Waals surface area contributed by atoms with Crippen LogP contribution >= 0.6 is 0 Å². The van der Waals surface area contributed by atoms with Crippen LogP contribution in [0.1, 0.15) is 17.2 Å². The van der Waals surface area contributed by atoms with Gasteiger partial charge in [-0.15, -0.1) is 0 Å². The van der Waals surface area contributed by atoms with Crippen LogP contribution in [-0.4, -0.2) is 25.3 Å². The van der Waals surface area contributed by atoms with E-state index < -0.39 is 6.10 Å². The minimum absolute atomic E-state index is 0.506. The average molecular weight is 283 g/mol. The Morgan fingerprint density at radius 2 is 1.95 bits per heavy atom. The minimum Gasteiger partial charge on any atom is -0.497 e. The van der Waals surface area contributed by atoms with Crippen LogP contribution in [0.25, 0.3) is 6.08 Å². The van der Waals surface area contributed by atoms with Crippen LogP contribution in [0.15, 0.2) is 60.7 Å². The summed E-state index contributed by atoms with van der Waals surface area (Å²) in [5.74, 6) is 0.760. The van der Waals surface area contributed by atoms with Gasteiger partial charge in [-0.05, 0) is 23.3 Å². The summed E-state index contributed by atoms with van der Waals surface area (Å²) in [7, 11) is 1.62. The minimum atomic E-state index is -0.537. The highest BCUT2D eigenvalue weighted by Crippen LogP contribution is 2.18. The molecule has 2 rings (SSSR count). The van der Waals surface area contributed by atoms with Crippen molar-refractivity contribution in [3.05, 3.63) is 71.8 Å². The van der Waals surface area contributed by atoms with Gasteiger partial charge < -0.3 is 15.2 Å². The van der Waals surface area contributed by atoms with Crippen molar-refractivity contribution in [2.24, 2.45) is 0 Å². The first kappa shape index (κ1) is 15.3. The van der Waals surface area contributed by atoms with Crippen molar-refractivity contribution in [3.8, 4) is 5.75 Å². The topological polar surface area (TPSA) is 41.5 Å². The van der Waals surface area contributed by atoms with E-state index in [9.17, 15) is 5.11 Å². The zero-order valence-electron chi connectivity index (χ0n) is 12.2. The molecule has 0 saturated heterocycles. The molecule has 0 spiro atoms. The second-order valence-electron chi connectivity index (χ2n) is 4.76. The molecule has 1 unspecified atom stereocenters. The summed E-state index contributed by atoms with van der Waals surface area (Å²) < 4.78 is 5.15. The van der Waals surface area contributed by atoms with Gasteiger partial charge >= 0.3 is 0 Å². The highest BCUT2D eigenvalue weighted by molar-refractivity contribution is 5.48. The molecule has 0 aliphatic heterocycles. The summed E-state index contributed by atoms with van der Waals surface area (Å²) in [6, 6.07) is 17.6. The summed E-state index contributed by atoms with van der Waals surface area (Å²) >= 11 is 0. The van der Waals surface area contributed by atoms with Crippen molar-refractivity contribution < 1.29 is 9.84 Å². The van der Waals surface area contributed by atoms with Crippen LogP contribution in [0.5, 0.6) is 5.75 Å². The summed E-state index contributed by atoms with van der Waals surface area (Å²) in [6.45, 7) is 1.22. The highest BCUT2D eigenvalue weighted by atomic mass is 16.5. The van der Waals surface area contributed by atoms with E-state index in [1.54, 1.807) is 7.11 Å². The van der Waals surface area contributed by atoms with Crippen LogP contribution < -0.4 is 10.1 Å². The lowest BCUT2D eigenvalue weighted by atomic mass is 10.1. The summed E-state index contributed by atoms with van der Waals surface area (Å²) in [6.07, 6.45) is 3.57. The lowest BCUT2D eigenvalue weighted by Gasteiger charge is -2.12. The number of benzene rings is 2. The fourth-order valence-corrected chi connectivity index (χ4v) is 2.03. The molecule has 0 aliphatic rings. The van der Waals surface area contributed by atoms with E-state index in [-0.39, 0.29) is 0 Å². The smallest absolute Gasteiger partial charge is 0.119 e. The van der Waals surface area contributed by atoms with Gasteiger partial charge in [0, 0.05) is 13.1 Å². The van der Waals surface area contributed by atoms with Crippen molar-refractivity contribution in [2.75, 3.05) is 20.2 Å². The van der Waals surface area contributed by atoms with E-state index >= 15 is 0 Å². The van der Waals surface area contributed by atoms with Crippen molar-refractivity contribution >= 4 is 6.08 Å². The predicted octanol–water partition coefficient (Wildman–Crippen LogP) is 3.03. The van der Waals surface area contributed by atoms with E-state index in [2.05, 4.69) is 23.5 Å². The van der Waals surface area contributed by atoms with Gasteiger partial charge in [-0.3, -0.25) is 0 Å². The van der Waals surface area contributed by atoms with Gasteiger partial charge in [0.1, 0.15) is 5.75 Å². The number of ether oxygens (including phenoxy) is 1. The summed E-state index contributed by atoms with van der Waals surface area (Å²) in [5.41, 5.74) is 2.03. The Hall–Kier alpha value is -2.10. The molecule has 0 heterocycles. The SMILES string of the molecule is COc1cccc(C(O)CNC/C=C/c2ccccc2)c1. The van der Waals surface area contributed by atoms with Crippen LogP contribution in [0, 0.1) is 0 Å². The Morgan fingerprint density at radius 1 is 1.14 bits per heavy atom. The lowest BCUT2D eigenvalue weighted by Crippen LogP contribution is -2.21. The van der Waals surface area contributed by atoms with Crippen LogP contribution in [-0.2, 0) is 0 Å². The molecule has 0 aliphatic carbocycles. The number of methoxy groups -OCH3 is 1. The van der Waals surface area contributed by atoms with Gasteiger partial charge in [-0.25, -0.2) is 0 Å². The Bertz CT molecular complexity index is 566. The molecule has 2 aromatic rings. The van der Waals surface area contributed by atoms with E-state index in [0.717, 1.165) is 17.9 Å². The van der Waals surface area contributed by atoms with E-state index in [4.69, 9.17) is 4.74 Å². The fraction of sp³-hybridized carbons (Fsp3) is 0.222. The van der Waals surface area contributed by atoms with Crippen LogP contribution in [0.4, 0.5) is 0 Å². The number of aliphatic hydroxyl groups is 1. The number of rotatable bonds is 7. The Morgan fingerprint density at radius 3 is 2.71 bits per heavy atom. The summed E-state index contributed by atoms with van der Waals surface area (Å²) in [4.78, 5) is 0. The molecule has 0 saturated carbocycles. The van der Waals surface area contributed by atoms with Gasteiger partial charge in [0.15, 0.2) is 0 Å². The molecule has 0 bridgehead atoms. The van der Waals surface area contributed by atoms with Crippen LogP contribution in [0.2, 0.25) is 0 Å². The molecule has 2 aromatic carbocycles. The molecule has 3 heteroatoms. The highest BCUT2D eigenvalue weighted by Gasteiger charge is 2.07. The molecular weight excluding hydrogens is 262 g/mol. The van der Waals surface area contributed by atoms with Crippen molar-refractivity contribution in [3.63, 3.8) is 0 Å². The van der Waals surface area contributed by atoms with Gasteiger partial charge in [-0.2, -0.15) is 0 Å². The first-order valence-corrected chi connectivity index (χ1v) is 7.04. The molecular formula is C18H21NO2. The molecule has 0 fully saturated rings. The number of nitrogens with one attached hydrogen (secondary N) is 1. The maximum Gasteiger partial charge on any atom is 0.119 e. The Labute approximate surface area is 125 Å². The van der Waals surface area contributed by atoms with Crippen LogP contribution in [0.3, 0.4) is 0 Å². The molecule has 2 N–H and O–H groups in total.